The first-order chi connectivity index (χ1) is 14.0. The molecule has 1 aliphatic rings. The first kappa shape index (κ1) is 19.0. The summed E-state index contributed by atoms with van der Waals surface area (Å²) in [4.78, 5) is 28.0. The van der Waals surface area contributed by atoms with Gasteiger partial charge in [0.25, 0.3) is 0 Å². The molecule has 2 aromatic heterocycles. The molecule has 1 fully saturated rings. The monoisotopic (exact) mass is 391 g/mol. The lowest BCUT2D eigenvalue weighted by Gasteiger charge is -2.19. The van der Waals surface area contributed by atoms with Crippen molar-refractivity contribution in [2.45, 2.75) is 32.9 Å². The molecule has 6 nitrogen and oxygen atoms in total. The van der Waals surface area contributed by atoms with E-state index in [1.54, 1.807) is 29.4 Å². The van der Waals surface area contributed by atoms with Gasteiger partial charge in [0.15, 0.2) is 5.82 Å². The maximum atomic E-state index is 13.1. The van der Waals surface area contributed by atoms with Gasteiger partial charge in [-0.05, 0) is 50.1 Å². The second-order valence-electron chi connectivity index (χ2n) is 7.22. The van der Waals surface area contributed by atoms with Crippen molar-refractivity contribution in [2.75, 3.05) is 11.9 Å². The van der Waals surface area contributed by atoms with E-state index >= 15 is 0 Å². The third-order valence-electron chi connectivity index (χ3n) is 5.20. The number of hydrogen-bond donors (Lipinski definition) is 1. The summed E-state index contributed by atoms with van der Waals surface area (Å²) in [5.41, 5.74) is 3.51. The Morgan fingerprint density at radius 2 is 1.97 bits per heavy atom. The fourth-order valence-corrected chi connectivity index (χ4v) is 3.40. The number of aromatic nitrogens is 3. The molecule has 0 saturated carbocycles. The summed E-state index contributed by atoms with van der Waals surface area (Å²) in [5, 5.41) is 3.31. The maximum absolute atomic E-state index is 13.1. The number of carbonyl (C=O) groups is 1. The number of likely N-dealkylation sites (tertiary alicyclic amines) is 1. The SMILES string of the molecule is Cc1nc(-c2cccnc2)nc(NC2CCN(Cc3ccc(F)cc3)C2=O)c1C. The van der Waals surface area contributed by atoms with Gasteiger partial charge in [0.2, 0.25) is 5.91 Å². The molecule has 0 bridgehead atoms. The van der Waals surface area contributed by atoms with Crippen LogP contribution < -0.4 is 5.32 Å². The fourth-order valence-electron chi connectivity index (χ4n) is 3.40. The summed E-state index contributed by atoms with van der Waals surface area (Å²) in [6.45, 7) is 4.99. The lowest BCUT2D eigenvalue weighted by molar-refractivity contribution is -0.128. The molecule has 0 aliphatic carbocycles. The number of nitrogens with zero attached hydrogens (tertiary/aromatic N) is 4. The average Bonchev–Trinajstić information content (AvgIpc) is 3.07. The van der Waals surface area contributed by atoms with Gasteiger partial charge in [0.05, 0.1) is 0 Å². The molecule has 0 spiro atoms. The van der Waals surface area contributed by atoms with Gasteiger partial charge >= 0.3 is 0 Å². The summed E-state index contributed by atoms with van der Waals surface area (Å²) in [7, 11) is 0. The third-order valence-corrected chi connectivity index (χ3v) is 5.20. The molecule has 3 heterocycles. The van der Waals surface area contributed by atoms with Crippen LogP contribution in [-0.2, 0) is 11.3 Å². The Hall–Kier alpha value is -3.35. The highest BCUT2D eigenvalue weighted by molar-refractivity contribution is 5.86. The Balaban J connectivity index is 1.51. The Morgan fingerprint density at radius 1 is 1.17 bits per heavy atom. The second kappa shape index (κ2) is 7.95. The predicted octanol–water partition coefficient (Wildman–Crippen LogP) is 3.51. The van der Waals surface area contributed by atoms with Crippen LogP contribution in [-0.4, -0.2) is 38.3 Å². The molecule has 1 unspecified atom stereocenters. The van der Waals surface area contributed by atoms with E-state index in [0.717, 1.165) is 22.4 Å². The van der Waals surface area contributed by atoms with Gasteiger partial charge < -0.3 is 10.2 Å². The average molecular weight is 391 g/mol. The largest absolute Gasteiger partial charge is 0.358 e. The van der Waals surface area contributed by atoms with Gasteiger partial charge in [-0.25, -0.2) is 14.4 Å². The number of halogens is 1. The number of rotatable bonds is 5. The molecule has 1 amide bonds. The second-order valence-corrected chi connectivity index (χ2v) is 7.22. The summed E-state index contributed by atoms with van der Waals surface area (Å²) in [5.74, 6) is 0.989. The Morgan fingerprint density at radius 3 is 2.69 bits per heavy atom. The van der Waals surface area contributed by atoms with Crippen LogP contribution in [0.25, 0.3) is 11.4 Å². The lowest BCUT2D eigenvalue weighted by atomic mass is 10.2. The van der Waals surface area contributed by atoms with E-state index in [0.29, 0.717) is 31.2 Å². The Labute approximate surface area is 168 Å². The Bertz CT molecular complexity index is 1020. The summed E-state index contributed by atoms with van der Waals surface area (Å²) in [6, 6.07) is 9.66. The number of benzene rings is 1. The number of carbonyl (C=O) groups excluding carboxylic acids is 1. The van der Waals surface area contributed by atoms with Crippen LogP contribution in [0.3, 0.4) is 0 Å². The van der Waals surface area contributed by atoms with E-state index in [-0.39, 0.29) is 17.8 Å². The number of nitrogens with one attached hydrogen (secondary N) is 1. The highest BCUT2D eigenvalue weighted by Gasteiger charge is 2.32. The molecular formula is C22H22FN5O. The molecule has 29 heavy (non-hydrogen) atoms. The van der Waals surface area contributed by atoms with Gasteiger partial charge in [-0.3, -0.25) is 9.78 Å². The topological polar surface area (TPSA) is 71.0 Å². The number of anilines is 1. The van der Waals surface area contributed by atoms with E-state index in [1.807, 2.05) is 26.0 Å². The van der Waals surface area contributed by atoms with Gasteiger partial charge in [-0.2, -0.15) is 0 Å². The van der Waals surface area contributed by atoms with Crippen LogP contribution in [0.4, 0.5) is 10.2 Å². The van der Waals surface area contributed by atoms with E-state index in [1.165, 1.54) is 12.1 Å². The first-order valence-electron chi connectivity index (χ1n) is 9.56. The molecule has 1 aromatic carbocycles. The van der Waals surface area contributed by atoms with Gasteiger partial charge in [-0.1, -0.05) is 12.1 Å². The van der Waals surface area contributed by atoms with Crippen molar-refractivity contribution in [3.63, 3.8) is 0 Å². The fraction of sp³-hybridized carbons (Fsp3) is 0.273. The molecule has 1 saturated heterocycles. The molecular weight excluding hydrogens is 369 g/mol. The van der Waals surface area contributed by atoms with Crippen molar-refractivity contribution in [3.8, 4) is 11.4 Å². The van der Waals surface area contributed by atoms with Crippen molar-refractivity contribution in [3.05, 3.63) is 71.4 Å². The van der Waals surface area contributed by atoms with Crippen LogP contribution in [0.5, 0.6) is 0 Å². The minimum Gasteiger partial charge on any atom is -0.358 e. The van der Waals surface area contributed by atoms with Crippen molar-refractivity contribution in [1.29, 1.82) is 0 Å². The predicted molar refractivity (Wildman–Crippen MR) is 109 cm³/mol. The first-order valence-corrected chi connectivity index (χ1v) is 9.56. The van der Waals surface area contributed by atoms with Crippen LogP contribution in [0.1, 0.15) is 23.2 Å². The minimum atomic E-state index is -0.342. The van der Waals surface area contributed by atoms with Gasteiger partial charge in [-0.15, -0.1) is 0 Å². The number of pyridine rings is 1. The lowest BCUT2D eigenvalue weighted by Crippen LogP contribution is -2.33. The van der Waals surface area contributed by atoms with Gasteiger partial charge in [0, 0.05) is 42.3 Å². The van der Waals surface area contributed by atoms with Crippen LogP contribution >= 0.6 is 0 Å². The summed E-state index contributed by atoms with van der Waals surface area (Å²) < 4.78 is 13.1. The van der Waals surface area contributed by atoms with Crippen LogP contribution in [0, 0.1) is 19.7 Å². The van der Waals surface area contributed by atoms with Crippen LogP contribution in [0.2, 0.25) is 0 Å². The molecule has 7 heteroatoms. The zero-order valence-electron chi connectivity index (χ0n) is 16.4. The van der Waals surface area contributed by atoms with Gasteiger partial charge in [0.1, 0.15) is 17.7 Å². The highest BCUT2D eigenvalue weighted by atomic mass is 19.1. The van der Waals surface area contributed by atoms with E-state index in [2.05, 4.69) is 20.3 Å². The molecule has 0 radical (unpaired) electrons. The third kappa shape index (κ3) is 4.08. The zero-order chi connectivity index (χ0) is 20.4. The normalized spacial score (nSPS) is 16.3. The quantitative estimate of drug-likeness (QED) is 0.721. The number of hydrogen-bond acceptors (Lipinski definition) is 5. The molecule has 4 rings (SSSR count). The van der Waals surface area contributed by atoms with E-state index in [4.69, 9.17) is 0 Å². The molecule has 1 atom stereocenters. The van der Waals surface area contributed by atoms with Crippen LogP contribution in [0.15, 0.2) is 48.8 Å². The highest BCUT2D eigenvalue weighted by Crippen LogP contribution is 2.24. The summed E-state index contributed by atoms with van der Waals surface area (Å²) >= 11 is 0. The molecule has 3 aromatic rings. The standard InChI is InChI=1S/C22H22FN5O/c1-14-15(2)25-21(17-4-3-10-24-12-17)27-20(14)26-19-9-11-28(22(19)29)13-16-5-7-18(23)8-6-16/h3-8,10,12,19H,9,11,13H2,1-2H3,(H,25,26,27). The zero-order valence-corrected chi connectivity index (χ0v) is 16.4. The number of amides is 1. The smallest absolute Gasteiger partial charge is 0.245 e. The number of aryl methyl sites for hydroxylation is 1. The maximum Gasteiger partial charge on any atom is 0.245 e. The van der Waals surface area contributed by atoms with E-state index < -0.39 is 0 Å². The summed E-state index contributed by atoms with van der Waals surface area (Å²) in [6.07, 6.45) is 4.11. The van der Waals surface area contributed by atoms with Crippen molar-refractivity contribution < 1.29 is 9.18 Å². The molecule has 1 aliphatic heterocycles. The molecule has 1 N–H and O–H groups in total. The van der Waals surface area contributed by atoms with Crippen molar-refractivity contribution in [1.82, 2.24) is 19.9 Å². The van der Waals surface area contributed by atoms with E-state index in [9.17, 15) is 9.18 Å². The molecule has 148 valence electrons. The minimum absolute atomic E-state index is 0.0212. The Kier molecular flexibility index (Phi) is 5.20. The van der Waals surface area contributed by atoms with Crippen molar-refractivity contribution in [2.24, 2.45) is 0 Å². The van der Waals surface area contributed by atoms with Crippen molar-refractivity contribution >= 4 is 11.7 Å².